The van der Waals surface area contributed by atoms with E-state index in [4.69, 9.17) is 9.47 Å². The first-order chi connectivity index (χ1) is 11.6. The second-order valence-electron chi connectivity index (χ2n) is 6.20. The van der Waals surface area contributed by atoms with Gasteiger partial charge in [0.1, 0.15) is 5.75 Å². The number of hydrogen-bond acceptors (Lipinski definition) is 5. The summed E-state index contributed by atoms with van der Waals surface area (Å²) in [5.74, 6) is 0.702. The van der Waals surface area contributed by atoms with Gasteiger partial charge in [0.05, 0.1) is 12.7 Å². The molecule has 1 aliphatic rings. The summed E-state index contributed by atoms with van der Waals surface area (Å²) in [4.78, 5) is 15.6. The Morgan fingerprint density at radius 3 is 2.96 bits per heavy atom. The van der Waals surface area contributed by atoms with Crippen LogP contribution in [-0.2, 0) is 16.1 Å². The average molecular weight is 335 g/mol. The molecule has 0 aliphatic carbocycles. The summed E-state index contributed by atoms with van der Waals surface area (Å²) in [5.41, 5.74) is 1.05. The molecule has 2 rings (SSSR count). The van der Waals surface area contributed by atoms with Crippen LogP contribution in [0.15, 0.2) is 24.3 Å². The van der Waals surface area contributed by atoms with Gasteiger partial charge in [-0.15, -0.1) is 0 Å². The number of morpholine rings is 1. The van der Waals surface area contributed by atoms with Crippen molar-refractivity contribution in [2.24, 2.45) is 0 Å². The summed E-state index contributed by atoms with van der Waals surface area (Å²) < 4.78 is 11.5. The second-order valence-corrected chi connectivity index (χ2v) is 6.20. The summed E-state index contributed by atoms with van der Waals surface area (Å²) in [6.45, 7) is 7.59. The van der Waals surface area contributed by atoms with E-state index in [9.17, 15) is 4.79 Å². The molecule has 1 aromatic carbocycles. The molecule has 0 bridgehead atoms. The first-order valence-electron chi connectivity index (χ1n) is 8.55. The standard InChI is InChI=1S/C18H29N3O3/c1-4-21-9-10-23-16(13-21)12-19-11-15-7-5-6-8-17(15)24-14-18(22)20(2)3/h5-8,16,19H,4,9-14H2,1-3H3/t16-/m1/s1. The lowest BCUT2D eigenvalue weighted by molar-refractivity contribution is -0.130. The molecule has 24 heavy (non-hydrogen) atoms. The van der Waals surface area contributed by atoms with Crippen molar-refractivity contribution in [2.45, 2.75) is 19.6 Å². The highest BCUT2D eigenvalue weighted by atomic mass is 16.5. The second kappa shape index (κ2) is 9.61. The Bertz CT molecular complexity index is 522. The highest BCUT2D eigenvalue weighted by Crippen LogP contribution is 2.18. The molecule has 1 amide bonds. The van der Waals surface area contributed by atoms with Crippen LogP contribution < -0.4 is 10.1 Å². The first kappa shape index (κ1) is 18.7. The molecule has 1 heterocycles. The van der Waals surface area contributed by atoms with Crippen LogP contribution in [-0.4, -0.2) is 75.3 Å². The minimum absolute atomic E-state index is 0.0481. The van der Waals surface area contributed by atoms with Gasteiger partial charge in [-0.05, 0) is 12.6 Å². The predicted molar refractivity (Wildman–Crippen MR) is 94.2 cm³/mol. The van der Waals surface area contributed by atoms with Crippen molar-refractivity contribution in [3.63, 3.8) is 0 Å². The van der Waals surface area contributed by atoms with Crippen molar-refractivity contribution in [3.05, 3.63) is 29.8 Å². The molecule has 1 saturated heterocycles. The monoisotopic (exact) mass is 335 g/mol. The van der Waals surface area contributed by atoms with E-state index in [-0.39, 0.29) is 18.6 Å². The van der Waals surface area contributed by atoms with Crippen LogP contribution in [0.1, 0.15) is 12.5 Å². The van der Waals surface area contributed by atoms with Crippen molar-refractivity contribution in [1.29, 1.82) is 0 Å². The highest BCUT2D eigenvalue weighted by Gasteiger charge is 2.18. The molecule has 1 atom stereocenters. The van der Waals surface area contributed by atoms with E-state index in [0.29, 0.717) is 6.54 Å². The fourth-order valence-corrected chi connectivity index (χ4v) is 2.62. The molecule has 1 fully saturated rings. The third-order valence-electron chi connectivity index (χ3n) is 4.18. The van der Waals surface area contributed by atoms with Gasteiger partial charge in [0.2, 0.25) is 0 Å². The van der Waals surface area contributed by atoms with Gasteiger partial charge in [0.25, 0.3) is 5.91 Å². The predicted octanol–water partition coefficient (Wildman–Crippen LogP) is 0.964. The molecule has 1 aliphatic heterocycles. The molecular weight excluding hydrogens is 306 g/mol. The summed E-state index contributed by atoms with van der Waals surface area (Å²) in [6, 6.07) is 7.81. The van der Waals surface area contributed by atoms with Crippen molar-refractivity contribution in [1.82, 2.24) is 15.1 Å². The van der Waals surface area contributed by atoms with Crippen molar-refractivity contribution in [2.75, 3.05) is 53.5 Å². The Kier molecular flexibility index (Phi) is 7.49. The number of hydrogen-bond donors (Lipinski definition) is 1. The van der Waals surface area contributed by atoms with Gasteiger partial charge < -0.3 is 19.7 Å². The van der Waals surface area contributed by atoms with E-state index in [1.165, 1.54) is 4.90 Å². The van der Waals surface area contributed by atoms with Crippen LogP contribution in [0.5, 0.6) is 5.75 Å². The lowest BCUT2D eigenvalue weighted by Gasteiger charge is -2.32. The van der Waals surface area contributed by atoms with Crippen LogP contribution in [0.25, 0.3) is 0 Å². The molecule has 1 N–H and O–H groups in total. The first-order valence-corrected chi connectivity index (χ1v) is 8.55. The van der Waals surface area contributed by atoms with E-state index in [2.05, 4.69) is 17.1 Å². The zero-order valence-corrected chi connectivity index (χ0v) is 15.0. The van der Waals surface area contributed by atoms with Gasteiger partial charge in [0.15, 0.2) is 6.61 Å². The molecule has 0 saturated carbocycles. The summed E-state index contributed by atoms with van der Waals surface area (Å²) >= 11 is 0. The third-order valence-corrected chi connectivity index (χ3v) is 4.18. The van der Waals surface area contributed by atoms with Crippen LogP contribution in [0, 0.1) is 0 Å². The maximum absolute atomic E-state index is 11.7. The minimum atomic E-state index is -0.0481. The van der Waals surface area contributed by atoms with Gasteiger partial charge in [-0.3, -0.25) is 9.69 Å². The van der Waals surface area contributed by atoms with Gasteiger partial charge >= 0.3 is 0 Å². The van der Waals surface area contributed by atoms with E-state index < -0.39 is 0 Å². The number of nitrogens with zero attached hydrogens (tertiary/aromatic N) is 2. The molecule has 0 radical (unpaired) electrons. The Morgan fingerprint density at radius 1 is 1.42 bits per heavy atom. The topological polar surface area (TPSA) is 54.0 Å². The Morgan fingerprint density at radius 2 is 2.21 bits per heavy atom. The quantitative estimate of drug-likeness (QED) is 0.767. The average Bonchev–Trinajstić information content (AvgIpc) is 2.60. The zero-order valence-electron chi connectivity index (χ0n) is 15.0. The maximum atomic E-state index is 11.7. The number of ether oxygens (including phenoxy) is 2. The number of nitrogens with one attached hydrogen (secondary N) is 1. The molecule has 134 valence electrons. The van der Waals surface area contributed by atoms with Gasteiger partial charge in [-0.1, -0.05) is 25.1 Å². The highest BCUT2D eigenvalue weighted by molar-refractivity contribution is 5.77. The van der Waals surface area contributed by atoms with Crippen LogP contribution >= 0.6 is 0 Å². The number of carbonyl (C=O) groups is 1. The molecule has 6 heteroatoms. The van der Waals surface area contributed by atoms with E-state index in [1.807, 2.05) is 24.3 Å². The molecule has 0 aromatic heterocycles. The van der Waals surface area contributed by atoms with Crippen LogP contribution in [0.3, 0.4) is 0 Å². The Labute approximate surface area is 144 Å². The molecular formula is C18H29N3O3. The molecule has 6 nitrogen and oxygen atoms in total. The van der Waals surface area contributed by atoms with Crippen molar-refractivity contribution in [3.8, 4) is 5.75 Å². The Balaban J connectivity index is 1.81. The van der Waals surface area contributed by atoms with E-state index >= 15 is 0 Å². The lowest BCUT2D eigenvalue weighted by atomic mass is 10.2. The SMILES string of the molecule is CCN1CCO[C@H](CNCc2ccccc2OCC(=O)N(C)C)C1. The number of likely N-dealkylation sites (N-methyl/N-ethyl adjacent to an activating group) is 2. The summed E-state index contributed by atoms with van der Waals surface area (Å²) in [5, 5.41) is 3.44. The van der Waals surface area contributed by atoms with Gasteiger partial charge in [0, 0.05) is 45.8 Å². The normalized spacial score (nSPS) is 18.4. The van der Waals surface area contributed by atoms with E-state index in [0.717, 1.165) is 44.1 Å². The zero-order chi connectivity index (χ0) is 17.4. The summed E-state index contributed by atoms with van der Waals surface area (Å²) in [6.07, 6.45) is 0.224. The Hall–Kier alpha value is -1.63. The number of amides is 1. The van der Waals surface area contributed by atoms with E-state index in [1.54, 1.807) is 14.1 Å². The number of para-hydroxylation sites is 1. The van der Waals surface area contributed by atoms with Crippen molar-refractivity contribution < 1.29 is 14.3 Å². The fourth-order valence-electron chi connectivity index (χ4n) is 2.62. The van der Waals surface area contributed by atoms with Crippen LogP contribution in [0.2, 0.25) is 0 Å². The van der Waals surface area contributed by atoms with Gasteiger partial charge in [-0.2, -0.15) is 0 Å². The molecule has 0 spiro atoms. The van der Waals surface area contributed by atoms with Crippen molar-refractivity contribution >= 4 is 5.91 Å². The summed E-state index contributed by atoms with van der Waals surface area (Å²) in [7, 11) is 3.45. The third kappa shape index (κ3) is 5.78. The largest absolute Gasteiger partial charge is 0.483 e. The van der Waals surface area contributed by atoms with Gasteiger partial charge in [-0.25, -0.2) is 0 Å². The molecule has 0 unspecified atom stereocenters. The lowest BCUT2D eigenvalue weighted by Crippen LogP contribution is -2.46. The van der Waals surface area contributed by atoms with Crippen LogP contribution in [0.4, 0.5) is 0 Å². The number of rotatable bonds is 8. The minimum Gasteiger partial charge on any atom is -0.483 e. The number of carbonyl (C=O) groups excluding carboxylic acids is 1. The smallest absolute Gasteiger partial charge is 0.259 e. The fraction of sp³-hybridized carbons (Fsp3) is 0.611. The maximum Gasteiger partial charge on any atom is 0.259 e. The molecule has 1 aromatic rings. The number of benzene rings is 1.